The molecule has 1 saturated carbocycles. The lowest BCUT2D eigenvalue weighted by Gasteiger charge is -2.18. The van der Waals surface area contributed by atoms with Crippen molar-refractivity contribution in [3.8, 4) is 27.9 Å². The van der Waals surface area contributed by atoms with Crippen LogP contribution in [0.5, 0.6) is 0 Å². The van der Waals surface area contributed by atoms with E-state index < -0.39 is 5.82 Å². The highest BCUT2D eigenvalue weighted by Gasteiger charge is 2.29. The molecular weight excluding hydrogens is 469 g/mol. The average molecular weight is 490 g/mol. The molecule has 1 aliphatic carbocycles. The molecule has 4 heterocycles. The summed E-state index contributed by atoms with van der Waals surface area (Å²) in [5.74, 6) is 0.112. The van der Waals surface area contributed by atoms with E-state index in [0.717, 1.165) is 23.2 Å². The summed E-state index contributed by atoms with van der Waals surface area (Å²) in [5, 5.41) is 20.2. The Balaban J connectivity index is 1.36. The van der Waals surface area contributed by atoms with Crippen LogP contribution in [-0.2, 0) is 7.05 Å². The van der Waals surface area contributed by atoms with E-state index in [9.17, 15) is 0 Å². The first-order chi connectivity index (χ1) is 17.1. The second kappa shape index (κ2) is 8.70. The van der Waals surface area contributed by atoms with Crippen molar-refractivity contribution in [2.45, 2.75) is 25.3 Å². The molecule has 0 spiro atoms. The Kier molecular flexibility index (Phi) is 5.37. The third-order valence-electron chi connectivity index (χ3n) is 6.30. The minimum atomic E-state index is -0.545. The zero-order chi connectivity index (χ0) is 23.9. The van der Waals surface area contributed by atoms with E-state index >= 15 is 4.39 Å². The van der Waals surface area contributed by atoms with Gasteiger partial charge in [0, 0.05) is 47.9 Å². The number of rotatable bonds is 7. The van der Waals surface area contributed by atoms with E-state index in [4.69, 9.17) is 16.6 Å². The van der Waals surface area contributed by atoms with Crippen LogP contribution in [0, 0.1) is 11.7 Å². The van der Waals surface area contributed by atoms with Gasteiger partial charge in [0.1, 0.15) is 6.33 Å². The second-order valence-electron chi connectivity index (χ2n) is 8.79. The first-order valence-electron chi connectivity index (χ1n) is 11.3. The van der Waals surface area contributed by atoms with Gasteiger partial charge >= 0.3 is 0 Å². The predicted octanol–water partition coefficient (Wildman–Crippen LogP) is 4.50. The van der Waals surface area contributed by atoms with E-state index in [1.54, 1.807) is 16.9 Å². The van der Waals surface area contributed by atoms with Gasteiger partial charge in [-0.25, -0.2) is 4.39 Å². The molecule has 9 nitrogen and oxygen atoms in total. The zero-order valence-corrected chi connectivity index (χ0v) is 19.6. The smallest absolute Gasteiger partial charge is 0.151 e. The van der Waals surface area contributed by atoms with Crippen molar-refractivity contribution in [1.29, 1.82) is 0 Å². The van der Waals surface area contributed by atoms with E-state index in [2.05, 4.69) is 25.7 Å². The Bertz CT molecular complexity index is 1470. The van der Waals surface area contributed by atoms with Gasteiger partial charge in [0.05, 0.1) is 34.8 Å². The largest absolute Gasteiger partial charge is 0.275 e. The first-order valence-corrected chi connectivity index (χ1v) is 11.7. The predicted molar refractivity (Wildman–Crippen MR) is 127 cm³/mol. The number of aryl methyl sites for hydroxylation is 1. The fourth-order valence-electron chi connectivity index (χ4n) is 4.29. The minimum Gasteiger partial charge on any atom is -0.275 e. The van der Waals surface area contributed by atoms with Gasteiger partial charge in [0.25, 0.3) is 0 Å². The van der Waals surface area contributed by atoms with E-state index in [-0.39, 0.29) is 11.1 Å². The van der Waals surface area contributed by atoms with Crippen LogP contribution in [-0.4, -0.2) is 44.8 Å². The van der Waals surface area contributed by atoms with Gasteiger partial charge < -0.3 is 0 Å². The van der Waals surface area contributed by atoms with Crippen LogP contribution >= 0.6 is 11.6 Å². The lowest BCUT2D eigenvalue weighted by Crippen LogP contribution is -2.13. The van der Waals surface area contributed by atoms with Gasteiger partial charge in [0.2, 0.25) is 0 Å². The van der Waals surface area contributed by atoms with Crippen LogP contribution in [0.15, 0.2) is 61.6 Å². The first kappa shape index (κ1) is 21.6. The van der Waals surface area contributed by atoms with Crippen LogP contribution in [0.4, 0.5) is 4.39 Å². The number of pyridine rings is 1. The molecule has 6 rings (SSSR count). The normalized spacial score (nSPS) is 14.4. The Morgan fingerprint density at radius 2 is 1.86 bits per heavy atom. The van der Waals surface area contributed by atoms with E-state index in [0.29, 0.717) is 22.7 Å². The molecule has 0 radical (unpaired) electrons. The summed E-state index contributed by atoms with van der Waals surface area (Å²) in [6.45, 7) is 0. The molecule has 0 aliphatic heterocycles. The quantitative estimate of drug-likeness (QED) is 0.334. The number of nitrogens with zero attached hydrogens (tertiary/aromatic N) is 9. The highest BCUT2D eigenvalue weighted by Crippen LogP contribution is 2.40. The molecule has 176 valence electrons. The summed E-state index contributed by atoms with van der Waals surface area (Å²) >= 11 is 6.10. The minimum absolute atomic E-state index is 0.0204. The molecular formula is C24H21ClFN9. The highest BCUT2D eigenvalue weighted by atomic mass is 35.5. The van der Waals surface area contributed by atoms with Crippen molar-refractivity contribution in [3.63, 3.8) is 0 Å². The summed E-state index contributed by atoms with van der Waals surface area (Å²) in [4.78, 5) is 4.74. The summed E-state index contributed by atoms with van der Waals surface area (Å²) in [6, 6.07) is 6.94. The van der Waals surface area contributed by atoms with Crippen LogP contribution in [0.25, 0.3) is 27.9 Å². The monoisotopic (exact) mass is 489 g/mol. The number of hydrogen-bond donors (Lipinski definition) is 0. The topological polar surface area (TPSA) is 92.1 Å². The Morgan fingerprint density at radius 1 is 1.03 bits per heavy atom. The molecule has 1 atom stereocenters. The molecule has 11 heteroatoms. The molecule has 5 aromatic rings. The summed E-state index contributed by atoms with van der Waals surface area (Å²) in [6.07, 6.45) is 14.1. The number of halogens is 2. The Morgan fingerprint density at radius 3 is 2.54 bits per heavy atom. The fraction of sp³-hybridized carbons (Fsp3) is 0.250. The van der Waals surface area contributed by atoms with Crippen molar-refractivity contribution < 1.29 is 4.39 Å². The van der Waals surface area contributed by atoms with Gasteiger partial charge in [-0.1, -0.05) is 30.5 Å². The van der Waals surface area contributed by atoms with Crippen molar-refractivity contribution in [3.05, 3.63) is 78.1 Å². The molecule has 1 fully saturated rings. The molecule has 0 N–H and O–H groups in total. The highest BCUT2D eigenvalue weighted by molar-refractivity contribution is 6.31. The molecule has 4 aromatic heterocycles. The second-order valence-corrected chi connectivity index (χ2v) is 9.20. The van der Waals surface area contributed by atoms with Crippen LogP contribution in [0.1, 0.15) is 31.0 Å². The van der Waals surface area contributed by atoms with E-state index in [1.165, 1.54) is 29.9 Å². The van der Waals surface area contributed by atoms with E-state index in [1.807, 2.05) is 48.6 Å². The standard InChI is InChI=1S/C24H21ClFN9/c1-33-12-17(10-29-33)18-11-30-34(13-18)22(8-15-2-3-15)20-6-4-16(9-27-20)23-21(35-14-28-31-32-35)7-5-19(25)24(23)26/h4-7,9-15,22H,2-3,8H2,1H3. The SMILES string of the molecule is Cn1cc(-c2cnn(C(CC3CC3)c3ccc(-c4c(-n5cnnn5)ccc(Cl)c4F)cn3)c2)cn1. The maximum absolute atomic E-state index is 15.1. The molecule has 1 unspecified atom stereocenters. The molecule has 1 aromatic carbocycles. The third-order valence-corrected chi connectivity index (χ3v) is 6.59. The van der Waals surface area contributed by atoms with Crippen molar-refractivity contribution in [2.24, 2.45) is 13.0 Å². The fourth-order valence-corrected chi connectivity index (χ4v) is 4.45. The summed E-state index contributed by atoms with van der Waals surface area (Å²) in [5.41, 5.74) is 4.24. The maximum atomic E-state index is 15.1. The number of aromatic nitrogens is 9. The zero-order valence-electron chi connectivity index (χ0n) is 18.8. The van der Waals surface area contributed by atoms with Gasteiger partial charge in [-0.3, -0.25) is 14.3 Å². The van der Waals surface area contributed by atoms with Crippen LogP contribution < -0.4 is 0 Å². The van der Waals surface area contributed by atoms with Crippen molar-refractivity contribution >= 4 is 11.6 Å². The van der Waals surface area contributed by atoms with Gasteiger partial charge in [0.15, 0.2) is 5.82 Å². The average Bonchev–Trinajstić information content (AvgIpc) is 3.26. The number of benzene rings is 1. The number of tetrazole rings is 1. The van der Waals surface area contributed by atoms with Crippen molar-refractivity contribution in [1.82, 2.24) is 44.8 Å². The maximum Gasteiger partial charge on any atom is 0.151 e. The third kappa shape index (κ3) is 4.21. The molecule has 35 heavy (non-hydrogen) atoms. The molecule has 0 amide bonds. The van der Waals surface area contributed by atoms with Gasteiger partial charge in [-0.2, -0.15) is 14.9 Å². The van der Waals surface area contributed by atoms with Crippen LogP contribution in [0.2, 0.25) is 5.02 Å². The van der Waals surface area contributed by atoms with Gasteiger partial charge in [-0.05, 0) is 41.0 Å². The summed E-state index contributed by atoms with van der Waals surface area (Å²) in [7, 11) is 1.89. The molecule has 0 bridgehead atoms. The van der Waals surface area contributed by atoms with Crippen LogP contribution in [0.3, 0.4) is 0 Å². The Labute approximate surface area is 205 Å². The lowest BCUT2D eigenvalue weighted by atomic mass is 10.0. The Hall–Kier alpha value is -3.92. The summed E-state index contributed by atoms with van der Waals surface area (Å²) < 4.78 is 20.3. The molecule has 0 saturated heterocycles. The lowest BCUT2D eigenvalue weighted by molar-refractivity contribution is 0.455. The number of hydrogen-bond acceptors (Lipinski definition) is 6. The van der Waals surface area contributed by atoms with Gasteiger partial charge in [-0.15, -0.1) is 5.10 Å². The molecule has 1 aliphatic rings. The van der Waals surface area contributed by atoms with Crippen molar-refractivity contribution in [2.75, 3.05) is 0 Å².